The van der Waals surface area contributed by atoms with Crippen LogP contribution in [0.1, 0.15) is 17.3 Å². The highest BCUT2D eigenvalue weighted by Gasteiger charge is 2.22. The molecular formula is C13H18BrClN2O2. The van der Waals surface area contributed by atoms with E-state index in [1.54, 1.807) is 25.1 Å². The van der Waals surface area contributed by atoms with Gasteiger partial charge in [0.2, 0.25) is 0 Å². The molecule has 0 fully saturated rings. The van der Waals surface area contributed by atoms with E-state index in [2.05, 4.69) is 21.2 Å². The lowest BCUT2D eigenvalue weighted by Crippen LogP contribution is -2.47. The lowest BCUT2D eigenvalue weighted by Gasteiger charge is -2.27. The van der Waals surface area contributed by atoms with E-state index in [1.165, 1.54) is 0 Å². The van der Waals surface area contributed by atoms with Crippen LogP contribution < -0.4 is 5.32 Å². The van der Waals surface area contributed by atoms with Crippen molar-refractivity contribution in [2.45, 2.75) is 12.5 Å². The SMILES string of the molecule is CN(C)CC(C)(O)CNC(=O)c1cc(Cl)ccc1Br. The van der Waals surface area contributed by atoms with Crippen molar-refractivity contribution < 1.29 is 9.90 Å². The average Bonchev–Trinajstić information content (AvgIpc) is 2.27. The quantitative estimate of drug-likeness (QED) is 0.856. The van der Waals surface area contributed by atoms with E-state index in [1.807, 2.05) is 19.0 Å². The Morgan fingerprint density at radius 1 is 1.53 bits per heavy atom. The summed E-state index contributed by atoms with van der Waals surface area (Å²) in [7, 11) is 3.73. The van der Waals surface area contributed by atoms with Crippen molar-refractivity contribution in [3.63, 3.8) is 0 Å². The molecule has 1 atom stereocenters. The number of nitrogens with zero attached hydrogens (tertiary/aromatic N) is 1. The number of amides is 1. The normalized spacial score (nSPS) is 14.3. The third-order valence-corrected chi connectivity index (χ3v) is 3.39. The number of likely N-dealkylation sites (N-methyl/N-ethyl adjacent to an activating group) is 1. The van der Waals surface area contributed by atoms with Gasteiger partial charge in [0.1, 0.15) is 0 Å². The summed E-state index contributed by atoms with van der Waals surface area (Å²) in [5.41, 5.74) is -0.530. The number of hydrogen-bond acceptors (Lipinski definition) is 3. The molecule has 0 aliphatic heterocycles. The van der Waals surface area contributed by atoms with Crippen molar-refractivity contribution in [1.29, 1.82) is 0 Å². The highest BCUT2D eigenvalue weighted by Crippen LogP contribution is 2.21. The zero-order chi connectivity index (χ0) is 14.6. The first kappa shape index (κ1) is 16.4. The highest BCUT2D eigenvalue weighted by molar-refractivity contribution is 9.10. The maximum atomic E-state index is 12.0. The Hall–Kier alpha value is -0.620. The second-order valence-corrected chi connectivity index (χ2v) is 6.33. The van der Waals surface area contributed by atoms with E-state index in [9.17, 15) is 9.90 Å². The molecule has 0 heterocycles. The first-order valence-corrected chi connectivity index (χ1v) is 6.99. The van der Waals surface area contributed by atoms with Crippen LogP contribution in [0.2, 0.25) is 5.02 Å². The zero-order valence-electron chi connectivity index (χ0n) is 11.2. The second-order valence-electron chi connectivity index (χ2n) is 5.04. The Morgan fingerprint density at radius 3 is 2.74 bits per heavy atom. The highest BCUT2D eigenvalue weighted by atomic mass is 79.9. The Kier molecular flexibility index (Phi) is 5.80. The Labute approximate surface area is 126 Å². The zero-order valence-corrected chi connectivity index (χ0v) is 13.5. The minimum Gasteiger partial charge on any atom is -0.387 e. The van der Waals surface area contributed by atoms with E-state index >= 15 is 0 Å². The summed E-state index contributed by atoms with van der Waals surface area (Å²) in [4.78, 5) is 13.9. The topological polar surface area (TPSA) is 52.6 Å². The number of aliphatic hydroxyl groups is 1. The summed E-state index contributed by atoms with van der Waals surface area (Å²) in [6.07, 6.45) is 0. The molecule has 0 spiro atoms. The van der Waals surface area contributed by atoms with Gasteiger partial charge in [-0.15, -0.1) is 0 Å². The number of halogens is 2. The molecule has 0 aliphatic rings. The molecule has 0 radical (unpaired) electrons. The Balaban J connectivity index is 2.68. The summed E-state index contributed by atoms with van der Waals surface area (Å²) in [6, 6.07) is 5.00. The molecule has 0 bridgehead atoms. The summed E-state index contributed by atoms with van der Waals surface area (Å²) in [6.45, 7) is 2.31. The van der Waals surface area contributed by atoms with Gasteiger partial charge in [-0.1, -0.05) is 11.6 Å². The number of hydrogen-bond donors (Lipinski definition) is 2. The first-order valence-electron chi connectivity index (χ1n) is 5.82. The summed E-state index contributed by atoms with van der Waals surface area (Å²) < 4.78 is 0.668. The van der Waals surface area contributed by atoms with Crippen LogP contribution >= 0.6 is 27.5 Å². The number of nitrogens with one attached hydrogen (secondary N) is 1. The maximum absolute atomic E-state index is 12.0. The van der Waals surface area contributed by atoms with E-state index < -0.39 is 5.60 Å². The smallest absolute Gasteiger partial charge is 0.252 e. The van der Waals surface area contributed by atoms with Crippen LogP contribution in [0, 0.1) is 0 Å². The standard InChI is InChI=1S/C13H18BrClN2O2/c1-13(19,8-17(2)3)7-16-12(18)10-6-9(15)4-5-11(10)14/h4-6,19H,7-8H2,1-3H3,(H,16,18). The van der Waals surface area contributed by atoms with E-state index in [0.717, 1.165) is 0 Å². The van der Waals surface area contributed by atoms with Crippen LogP contribution in [0.3, 0.4) is 0 Å². The van der Waals surface area contributed by atoms with Gasteiger partial charge in [-0.25, -0.2) is 0 Å². The molecule has 1 rings (SSSR count). The maximum Gasteiger partial charge on any atom is 0.252 e. The first-order chi connectivity index (χ1) is 8.71. The predicted molar refractivity (Wildman–Crippen MR) is 80.7 cm³/mol. The van der Waals surface area contributed by atoms with E-state index in [0.29, 0.717) is 21.6 Å². The molecular weight excluding hydrogens is 332 g/mol. The molecule has 1 aromatic carbocycles. The van der Waals surface area contributed by atoms with Crippen molar-refractivity contribution in [3.05, 3.63) is 33.3 Å². The summed E-state index contributed by atoms with van der Waals surface area (Å²) in [5, 5.41) is 13.3. The Bertz CT molecular complexity index is 464. The van der Waals surface area contributed by atoms with Crippen molar-refractivity contribution in [2.24, 2.45) is 0 Å². The fourth-order valence-electron chi connectivity index (χ4n) is 1.77. The van der Waals surface area contributed by atoms with Crippen LogP contribution in [0.5, 0.6) is 0 Å². The number of carbonyl (C=O) groups excluding carboxylic acids is 1. The summed E-state index contributed by atoms with van der Waals surface area (Å²) >= 11 is 9.16. The average molecular weight is 350 g/mol. The van der Waals surface area contributed by atoms with E-state index in [4.69, 9.17) is 11.6 Å². The second kappa shape index (κ2) is 6.70. The molecule has 0 saturated heterocycles. The molecule has 0 aliphatic carbocycles. The lowest BCUT2D eigenvalue weighted by molar-refractivity contribution is 0.0326. The third-order valence-electron chi connectivity index (χ3n) is 2.46. The van der Waals surface area contributed by atoms with Gasteiger partial charge in [0.05, 0.1) is 11.2 Å². The van der Waals surface area contributed by atoms with Crippen molar-refractivity contribution in [1.82, 2.24) is 10.2 Å². The molecule has 4 nitrogen and oxygen atoms in total. The van der Waals surface area contributed by atoms with Crippen molar-refractivity contribution in [3.8, 4) is 0 Å². The van der Waals surface area contributed by atoms with Gasteiger partial charge in [-0.2, -0.15) is 0 Å². The van der Waals surface area contributed by atoms with Crippen LogP contribution in [-0.2, 0) is 0 Å². The molecule has 106 valence electrons. The third kappa shape index (κ3) is 5.48. The Morgan fingerprint density at radius 2 is 2.16 bits per heavy atom. The molecule has 2 N–H and O–H groups in total. The monoisotopic (exact) mass is 348 g/mol. The number of rotatable bonds is 5. The van der Waals surface area contributed by atoms with Gasteiger partial charge in [-0.3, -0.25) is 4.79 Å². The molecule has 0 saturated carbocycles. The minimum absolute atomic E-state index is 0.170. The molecule has 1 unspecified atom stereocenters. The van der Waals surface area contributed by atoms with Crippen LogP contribution in [-0.4, -0.2) is 48.7 Å². The van der Waals surface area contributed by atoms with Crippen LogP contribution in [0.25, 0.3) is 0 Å². The van der Waals surface area contributed by atoms with Crippen molar-refractivity contribution >= 4 is 33.4 Å². The van der Waals surface area contributed by atoms with Gasteiger partial charge < -0.3 is 15.3 Å². The van der Waals surface area contributed by atoms with Crippen LogP contribution in [0.15, 0.2) is 22.7 Å². The predicted octanol–water partition coefficient (Wildman–Crippen LogP) is 2.14. The molecule has 1 aromatic rings. The van der Waals surface area contributed by atoms with Crippen LogP contribution in [0.4, 0.5) is 0 Å². The van der Waals surface area contributed by atoms with Gasteiger partial charge in [0.15, 0.2) is 0 Å². The number of carbonyl (C=O) groups is 1. The van der Waals surface area contributed by atoms with Gasteiger partial charge in [0.25, 0.3) is 5.91 Å². The molecule has 19 heavy (non-hydrogen) atoms. The van der Waals surface area contributed by atoms with Crippen molar-refractivity contribution in [2.75, 3.05) is 27.2 Å². The fourth-order valence-corrected chi connectivity index (χ4v) is 2.37. The summed E-state index contributed by atoms with van der Waals surface area (Å²) in [5.74, 6) is -0.270. The fraction of sp³-hybridized carbons (Fsp3) is 0.462. The molecule has 6 heteroatoms. The lowest BCUT2D eigenvalue weighted by atomic mass is 10.1. The number of benzene rings is 1. The van der Waals surface area contributed by atoms with Gasteiger partial charge in [-0.05, 0) is 55.1 Å². The largest absolute Gasteiger partial charge is 0.387 e. The van der Waals surface area contributed by atoms with Gasteiger partial charge in [0, 0.05) is 22.6 Å². The molecule has 1 amide bonds. The van der Waals surface area contributed by atoms with Gasteiger partial charge >= 0.3 is 0 Å². The molecule has 0 aromatic heterocycles. The van der Waals surface area contributed by atoms with E-state index in [-0.39, 0.29) is 12.5 Å². The minimum atomic E-state index is -0.982.